The van der Waals surface area contributed by atoms with Gasteiger partial charge in [-0.05, 0) is 44.9 Å². The topological polar surface area (TPSA) is 58.9 Å². The molecule has 0 radical (unpaired) electrons. The van der Waals surface area contributed by atoms with Crippen LogP contribution in [0.5, 0.6) is 0 Å². The predicted molar refractivity (Wildman–Crippen MR) is 73.5 cm³/mol. The molecule has 0 amide bonds. The van der Waals surface area contributed by atoms with Gasteiger partial charge in [-0.25, -0.2) is 4.99 Å². The summed E-state index contributed by atoms with van der Waals surface area (Å²) in [6.45, 7) is 6.10. The van der Waals surface area contributed by atoms with Crippen LogP contribution in [0.1, 0.15) is 31.9 Å². The zero-order chi connectivity index (χ0) is 14.0. The summed E-state index contributed by atoms with van der Waals surface area (Å²) in [5.74, 6) is -0.106. The van der Waals surface area contributed by atoms with Crippen molar-refractivity contribution in [3.05, 3.63) is 35.4 Å². The van der Waals surface area contributed by atoms with Crippen molar-refractivity contribution in [2.75, 3.05) is 6.61 Å². The molecular weight excluding hydrogens is 242 g/mol. The molecule has 0 saturated carbocycles. The standard InChI is InChI=1S/C15H19NO3/c1-10-9-19-13(16-10)12-6-4-11(5-7-12)8-15(2,3)14(17)18/h4-7,10H,8-9H2,1-3H3,(H,17,18). The Bertz CT molecular complexity index is 503. The van der Waals surface area contributed by atoms with Crippen LogP contribution >= 0.6 is 0 Å². The maximum absolute atomic E-state index is 11.1. The average Bonchev–Trinajstić information content (AvgIpc) is 2.76. The summed E-state index contributed by atoms with van der Waals surface area (Å²) in [4.78, 5) is 15.5. The van der Waals surface area contributed by atoms with Gasteiger partial charge in [-0.2, -0.15) is 0 Å². The molecule has 4 nitrogen and oxygen atoms in total. The highest BCUT2D eigenvalue weighted by atomic mass is 16.5. The zero-order valence-corrected chi connectivity index (χ0v) is 11.5. The van der Waals surface area contributed by atoms with Gasteiger partial charge in [0.1, 0.15) is 6.61 Å². The van der Waals surface area contributed by atoms with Crippen LogP contribution < -0.4 is 0 Å². The van der Waals surface area contributed by atoms with E-state index in [1.165, 1.54) is 0 Å². The van der Waals surface area contributed by atoms with E-state index in [-0.39, 0.29) is 6.04 Å². The molecular formula is C15H19NO3. The summed E-state index contributed by atoms with van der Waals surface area (Å²) in [5, 5.41) is 9.12. The van der Waals surface area contributed by atoms with E-state index in [4.69, 9.17) is 9.84 Å². The Labute approximate surface area is 113 Å². The molecule has 0 fully saturated rings. The highest BCUT2D eigenvalue weighted by Crippen LogP contribution is 2.22. The normalized spacial score (nSPS) is 18.9. The molecule has 1 atom stereocenters. The molecule has 4 heteroatoms. The van der Waals surface area contributed by atoms with Crippen LogP contribution in [0.25, 0.3) is 0 Å². The first-order chi connectivity index (χ1) is 8.88. The molecule has 0 spiro atoms. The Morgan fingerprint density at radius 3 is 2.53 bits per heavy atom. The Kier molecular flexibility index (Phi) is 3.60. The van der Waals surface area contributed by atoms with Crippen LogP contribution in [0.3, 0.4) is 0 Å². The van der Waals surface area contributed by atoms with Gasteiger partial charge in [-0.15, -0.1) is 0 Å². The monoisotopic (exact) mass is 261 g/mol. The second kappa shape index (κ2) is 5.03. The molecule has 1 N–H and O–H groups in total. The summed E-state index contributed by atoms with van der Waals surface area (Å²) in [6.07, 6.45) is 0.506. The molecule has 1 aliphatic heterocycles. The Morgan fingerprint density at radius 1 is 1.42 bits per heavy atom. The quantitative estimate of drug-likeness (QED) is 0.906. The number of nitrogens with zero attached hydrogens (tertiary/aromatic N) is 1. The van der Waals surface area contributed by atoms with Gasteiger partial charge in [0.25, 0.3) is 0 Å². The van der Waals surface area contributed by atoms with Gasteiger partial charge in [0.2, 0.25) is 5.90 Å². The number of rotatable bonds is 4. The average molecular weight is 261 g/mol. The van der Waals surface area contributed by atoms with Crippen LogP contribution in [0.15, 0.2) is 29.3 Å². The first-order valence-electron chi connectivity index (χ1n) is 6.42. The van der Waals surface area contributed by atoms with Crippen LogP contribution in [-0.2, 0) is 16.0 Å². The first kappa shape index (κ1) is 13.6. The lowest BCUT2D eigenvalue weighted by molar-refractivity contribution is -0.146. The van der Waals surface area contributed by atoms with E-state index in [0.717, 1.165) is 11.1 Å². The van der Waals surface area contributed by atoms with Crippen molar-refractivity contribution < 1.29 is 14.6 Å². The third-order valence-corrected chi connectivity index (χ3v) is 3.22. The highest BCUT2D eigenvalue weighted by molar-refractivity contribution is 5.95. The number of hydrogen-bond donors (Lipinski definition) is 1. The molecule has 0 aromatic heterocycles. The summed E-state index contributed by atoms with van der Waals surface area (Å²) in [7, 11) is 0. The second-order valence-electron chi connectivity index (χ2n) is 5.66. The minimum atomic E-state index is -0.783. The molecule has 1 aliphatic rings. The number of benzene rings is 1. The van der Waals surface area contributed by atoms with Gasteiger partial charge in [-0.3, -0.25) is 4.79 Å². The molecule has 1 aromatic rings. The van der Waals surface area contributed by atoms with Gasteiger partial charge in [0, 0.05) is 5.56 Å². The molecule has 2 rings (SSSR count). The molecule has 1 aromatic carbocycles. The van der Waals surface area contributed by atoms with Gasteiger partial charge in [-0.1, -0.05) is 12.1 Å². The third-order valence-electron chi connectivity index (χ3n) is 3.22. The fourth-order valence-corrected chi connectivity index (χ4v) is 1.98. The Hall–Kier alpha value is -1.84. The van der Waals surface area contributed by atoms with Crippen LogP contribution in [0.2, 0.25) is 0 Å². The number of aliphatic imine (C=N–C) groups is 1. The number of carboxylic acid groups (broad SMARTS) is 1. The van der Waals surface area contributed by atoms with Crippen molar-refractivity contribution in [3.63, 3.8) is 0 Å². The second-order valence-corrected chi connectivity index (χ2v) is 5.66. The van der Waals surface area contributed by atoms with Crippen molar-refractivity contribution in [3.8, 4) is 0 Å². The maximum Gasteiger partial charge on any atom is 0.309 e. The molecule has 0 saturated heterocycles. The van der Waals surface area contributed by atoms with Crippen molar-refractivity contribution in [2.45, 2.75) is 33.2 Å². The third kappa shape index (κ3) is 3.13. The molecule has 102 valence electrons. The lowest BCUT2D eigenvalue weighted by Gasteiger charge is -2.19. The summed E-state index contributed by atoms with van der Waals surface area (Å²) in [5.41, 5.74) is 1.20. The van der Waals surface area contributed by atoms with Gasteiger partial charge in [0.15, 0.2) is 0 Å². The van der Waals surface area contributed by atoms with E-state index >= 15 is 0 Å². The fraction of sp³-hybridized carbons (Fsp3) is 0.467. The largest absolute Gasteiger partial charge is 0.481 e. The smallest absolute Gasteiger partial charge is 0.309 e. The maximum atomic E-state index is 11.1. The Morgan fingerprint density at radius 2 is 2.05 bits per heavy atom. The van der Waals surface area contributed by atoms with Crippen molar-refractivity contribution in [1.82, 2.24) is 0 Å². The van der Waals surface area contributed by atoms with E-state index in [1.807, 2.05) is 31.2 Å². The minimum absolute atomic E-state index is 0.209. The molecule has 19 heavy (non-hydrogen) atoms. The van der Waals surface area contributed by atoms with E-state index in [9.17, 15) is 4.79 Å². The highest BCUT2D eigenvalue weighted by Gasteiger charge is 2.27. The lowest BCUT2D eigenvalue weighted by atomic mass is 9.86. The van der Waals surface area contributed by atoms with E-state index < -0.39 is 11.4 Å². The number of carbonyl (C=O) groups is 1. The zero-order valence-electron chi connectivity index (χ0n) is 11.5. The molecule has 0 aliphatic carbocycles. The van der Waals surface area contributed by atoms with Crippen molar-refractivity contribution >= 4 is 11.9 Å². The number of carboxylic acids is 1. The first-order valence-corrected chi connectivity index (χ1v) is 6.42. The van der Waals surface area contributed by atoms with E-state index in [2.05, 4.69) is 4.99 Å². The van der Waals surface area contributed by atoms with E-state index in [1.54, 1.807) is 13.8 Å². The van der Waals surface area contributed by atoms with E-state index in [0.29, 0.717) is 18.9 Å². The van der Waals surface area contributed by atoms with Gasteiger partial charge >= 0.3 is 5.97 Å². The summed E-state index contributed by atoms with van der Waals surface area (Å²) >= 11 is 0. The summed E-state index contributed by atoms with van der Waals surface area (Å²) in [6, 6.07) is 7.96. The molecule has 0 bridgehead atoms. The van der Waals surface area contributed by atoms with Gasteiger partial charge < -0.3 is 9.84 Å². The lowest BCUT2D eigenvalue weighted by Crippen LogP contribution is -2.26. The van der Waals surface area contributed by atoms with Crippen molar-refractivity contribution in [2.24, 2.45) is 10.4 Å². The predicted octanol–water partition coefficient (Wildman–Crippen LogP) is 2.51. The SMILES string of the molecule is CC1COC(c2ccc(CC(C)(C)C(=O)O)cc2)=N1. The number of aliphatic carboxylic acids is 1. The van der Waals surface area contributed by atoms with Crippen molar-refractivity contribution in [1.29, 1.82) is 0 Å². The fourth-order valence-electron chi connectivity index (χ4n) is 1.98. The molecule has 1 heterocycles. The van der Waals surface area contributed by atoms with Crippen LogP contribution in [0.4, 0.5) is 0 Å². The summed E-state index contributed by atoms with van der Waals surface area (Å²) < 4.78 is 5.49. The van der Waals surface area contributed by atoms with Crippen LogP contribution in [0, 0.1) is 5.41 Å². The minimum Gasteiger partial charge on any atom is -0.481 e. The van der Waals surface area contributed by atoms with Crippen LogP contribution in [-0.4, -0.2) is 29.6 Å². The van der Waals surface area contributed by atoms with Gasteiger partial charge in [0.05, 0.1) is 11.5 Å². The number of ether oxygens (including phenoxy) is 1. The Balaban J connectivity index is 2.11. The number of hydrogen-bond acceptors (Lipinski definition) is 3. The molecule has 1 unspecified atom stereocenters.